The van der Waals surface area contributed by atoms with Crippen LogP contribution in [0.1, 0.15) is 19.4 Å². The fourth-order valence-electron chi connectivity index (χ4n) is 0.944. The maximum Gasteiger partial charge on any atom is 0.0727 e. The van der Waals surface area contributed by atoms with Crippen molar-refractivity contribution in [1.82, 2.24) is 0 Å². The van der Waals surface area contributed by atoms with Crippen LogP contribution in [0.3, 0.4) is 0 Å². The molecular weight excluding hydrogens is 308 g/mol. The molecule has 1 aromatic rings. The molecular formula is C11H14Br2O. The molecule has 1 aromatic carbocycles. The Morgan fingerprint density at radius 3 is 2.64 bits per heavy atom. The smallest absolute Gasteiger partial charge is 0.0727 e. The maximum absolute atomic E-state index is 5.75. The number of rotatable bonds is 4. The lowest BCUT2D eigenvalue weighted by molar-refractivity contribution is -0.0104. The van der Waals surface area contributed by atoms with E-state index in [-0.39, 0.29) is 5.60 Å². The van der Waals surface area contributed by atoms with Gasteiger partial charge in [0.15, 0.2) is 0 Å². The number of alkyl halides is 1. The van der Waals surface area contributed by atoms with Crippen molar-refractivity contribution in [1.29, 1.82) is 0 Å². The topological polar surface area (TPSA) is 9.23 Å². The van der Waals surface area contributed by atoms with E-state index in [2.05, 4.69) is 57.8 Å². The summed E-state index contributed by atoms with van der Waals surface area (Å²) >= 11 is 6.86. The zero-order chi connectivity index (χ0) is 10.6. The second-order valence-electron chi connectivity index (χ2n) is 3.81. The number of hydrogen-bond acceptors (Lipinski definition) is 1. The highest BCUT2D eigenvalue weighted by atomic mass is 79.9. The standard InChI is InChI=1S/C11H14Br2O/c1-11(2,8-12)14-7-9-4-3-5-10(13)6-9/h3-6H,7-8H2,1-2H3. The van der Waals surface area contributed by atoms with E-state index in [9.17, 15) is 0 Å². The molecule has 0 amide bonds. The van der Waals surface area contributed by atoms with Crippen LogP contribution >= 0.6 is 31.9 Å². The van der Waals surface area contributed by atoms with Crippen LogP contribution in [0.4, 0.5) is 0 Å². The van der Waals surface area contributed by atoms with Crippen molar-refractivity contribution >= 4 is 31.9 Å². The molecule has 0 aliphatic rings. The first kappa shape index (κ1) is 12.2. The highest BCUT2D eigenvalue weighted by molar-refractivity contribution is 9.10. The molecule has 0 saturated carbocycles. The lowest BCUT2D eigenvalue weighted by Crippen LogP contribution is -2.25. The second kappa shape index (κ2) is 5.29. The SMILES string of the molecule is CC(C)(CBr)OCc1cccc(Br)c1. The van der Waals surface area contributed by atoms with Gasteiger partial charge in [-0.15, -0.1) is 0 Å². The Morgan fingerprint density at radius 2 is 2.07 bits per heavy atom. The monoisotopic (exact) mass is 320 g/mol. The van der Waals surface area contributed by atoms with E-state index < -0.39 is 0 Å². The molecule has 0 spiro atoms. The first-order valence-corrected chi connectivity index (χ1v) is 6.39. The van der Waals surface area contributed by atoms with Crippen LogP contribution in [-0.2, 0) is 11.3 Å². The van der Waals surface area contributed by atoms with Crippen LogP contribution in [-0.4, -0.2) is 10.9 Å². The van der Waals surface area contributed by atoms with Crippen molar-refractivity contribution in [3.05, 3.63) is 34.3 Å². The Morgan fingerprint density at radius 1 is 1.36 bits per heavy atom. The fourth-order valence-corrected chi connectivity index (χ4v) is 1.55. The molecule has 0 unspecified atom stereocenters. The van der Waals surface area contributed by atoms with E-state index in [0.29, 0.717) is 6.61 Å². The van der Waals surface area contributed by atoms with Crippen molar-refractivity contribution in [2.24, 2.45) is 0 Å². The Balaban J connectivity index is 2.54. The van der Waals surface area contributed by atoms with Gasteiger partial charge < -0.3 is 4.74 Å². The summed E-state index contributed by atoms with van der Waals surface area (Å²) in [6.07, 6.45) is 0. The molecule has 0 N–H and O–H groups in total. The molecule has 0 bridgehead atoms. The highest BCUT2D eigenvalue weighted by Gasteiger charge is 2.15. The molecule has 0 aliphatic heterocycles. The maximum atomic E-state index is 5.75. The van der Waals surface area contributed by atoms with E-state index >= 15 is 0 Å². The van der Waals surface area contributed by atoms with E-state index in [1.807, 2.05) is 12.1 Å². The van der Waals surface area contributed by atoms with Crippen LogP contribution in [0.2, 0.25) is 0 Å². The van der Waals surface area contributed by atoms with Crippen LogP contribution in [0.5, 0.6) is 0 Å². The van der Waals surface area contributed by atoms with Gasteiger partial charge in [0, 0.05) is 9.80 Å². The molecule has 0 saturated heterocycles. The van der Waals surface area contributed by atoms with Crippen LogP contribution in [0, 0.1) is 0 Å². The zero-order valence-corrected chi connectivity index (χ0v) is 11.6. The van der Waals surface area contributed by atoms with Crippen LogP contribution in [0.15, 0.2) is 28.7 Å². The molecule has 0 fully saturated rings. The summed E-state index contributed by atoms with van der Waals surface area (Å²) in [7, 11) is 0. The molecule has 0 aromatic heterocycles. The Labute approximate surface area is 102 Å². The van der Waals surface area contributed by atoms with Crippen molar-refractivity contribution in [2.45, 2.75) is 26.1 Å². The van der Waals surface area contributed by atoms with Gasteiger partial charge in [0.25, 0.3) is 0 Å². The lowest BCUT2D eigenvalue weighted by Gasteiger charge is -2.22. The predicted octanol–water partition coefficient (Wildman–Crippen LogP) is 4.14. The van der Waals surface area contributed by atoms with Crippen molar-refractivity contribution in [2.75, 3.05) is 5.33 Å². The van der Waals surface area contributed by atoms with E-state index in [1.54, 1.807) is 0 Å². The zero-order valence-electron chi connectivity index (χ0n) is 8.39. The number of hydrogen-bond donors (Lipinski definition) is 0. The summed E-state index contributed by atoms with van der Waals surface area (Å²) in [6, 6.07) is 8.17. The fraction of sp³-hybridized carbons (Fsp3) is 0.455. The van der Waals surface area contributed by atoms with Crippen LogP contribution < -0.4 is 0 Å². The summed E-state index contributed by atoms with van der Waals surface area (Å²) in [6.45, 7) is 4.79. The largest absolute Gasteiger partial charge is 0.370 e. The summed E-state index contributed by atoms with van der Waals surface area (Å²) < 4.78 is 6.84. The Kier molecular flexibility index (Phi) is 4.61. The van der Waals surface area contributed by atoms with Gasteiger partial charge in [-0.1, -0.05) is 44.0 Å². The minimum Gasteiger partial charge on any atom is -0.370 e. The van der Waals surface area contributed by atoms with Crippen molar-refractivity contribution in [3.8, 4) is 0 Å². The third-order valence-corrected chi connectivity index (χ3v) is 3.68. The number of benzene rings is 1. The first-order chi connectivity index (χ1) is 6.53. The normalized spacial score (nSPS) is 11.7. The van der Waals surface area contributed by atoms with Gasteiger partial charge in [-0.2, -0.15) is 0 Å². The van der Waals surface area contributed by atoms with Crippen LogP contribution in [0.25, 0.3) is 0 Å². The van der Waals surface area contributed by atoms with E-state index in [0.717, 1.165) is 9.80 Å². The molecule has 0 aliphatic carbocycles. The third kappa shape index (κ3) is 4.11. The molecule has 1 nitrogen and oxygen atoms in total. The van der Waals surface area contributed by atoms with Gasteiger partial charge >= 0.3 is 0 Å². The third-order valence-electron chi connectivity index (χ3n) is 1.84. The summed E-state index contributed by atoms with van der Waals surface area (Å²) in [5.74, 6) is 0. The van der Waals surface area contributed by atoms with Gasteiger partial charge in [0.05, 0.1) is 12.2 Å². The van der Waals surface area contributed by atoms with Crippen molar-refractivity contribution in [3.63, 3.8) is 0 Å². The first-order valence-electron chi connectivity index (χ1n) is 4.48. The van der Waals surface area contributed by atoms with Gasteiger partial charge in [-0.3, -0.25) is 0 Å². The second-order valence-corrected chi connectivity index (χ2v) is 5.29. The number of ether oxygens (including phenoxy) is 1. The molecule has 0 radical (unpaired) electrons. The van der Waals surface area contributed by atoms with E-state index in [4.69, 9.17) is 4.74 Å². The van der Waals surface area contributed by atoms with Gasteiger partial charge in [-0.05, 0) is 31.5 Å². The van der Waals surface area contributed by atoms with Gasteiger partial charge in [0.2, 0.25) is 0 Å². The molecule has 14 heavy (non-hydrogen) atoms. The minimum absolute atomic E-state index is 0.109. The Hall–Kier alpha value is 0.140. The molecule has 78 valence electrons. The van der Waals surface area contributed by atoms with Gasteiger partial charge in [-0.25, -0.2) is 0 Å². The Bertz CT molecular complexity index is 297. The average Bonchev–Trinajstić information content (AvgIpc) is 2.15. The summed E-state index contributed by atoms with van der Waals surface area (Å²) in [4.78, 5) is 0. The predicted molar refractivity (Wildman–Crippen MR) is 66.8 cm³/mol. The number of halogens is 2. The quantitative estimate of drug-likeness (QED) is 0.757. The highest BCUT2D eigenvalue weighted by Crippen LogP contribution is 2.17. The molecule has 0 atom stereocenters. The minimum atomic E-state index is -0.109. The summed E-state index contributed by atoms with van der Waals surface area (Å²) in [5, 5.41) is 0.841. The van der Waals surface area contributed by atoms with E-state index in [1.165, 1.54) is 5.56 Å². The average molecular weight is 322 g/mol. The van der Waals surface area contributed by atoms with Crippen molar-refractivity contribution < 1.29 is 4.74 Å². The molecule has 0 heterocycles. The molecule has 3 heteroatoms. The lowest BCUT2D eigenvalue weighted by atomic mass is 10.2. The van der Waals surface area contributed by atoms with Gasteiger partial charge in [0.1, 0.15) is 0 Å². The summed E-state index contributed by atoms with van der Waals surface area (Å²) in [5.41, 5.74) is 1.08. The molecule has 1 rings (SSSR count).